The Morgan fingerprint density at radius 3 is 2.50 bits per heavy atom. The molecule has 0 aliphatic heterocycles. The SMILES string of the molecule is CN=C(NCC(C)(C)S(C)(=O)=O)N(C)Cc1cc(Cl)cn1C. The van der Waals surface area contributed by atoms with Crippen LogP contribution in [0.5, 0.6) is 0 Å². The van der Waals surface area contributed by atoms with Gasteiger partial charge in [-0.3, -0.25) is 4.99 Å². The fourth-order valence-electron chi connectivity index (χ4n) is 1.85. The average molecular weight is 349 g/mol. The van der Waals surface area contributed by atoms with Crippen molar-refractivity contribution in [3.8, 4) is 0 Å². The van der Waals surface area contributed by atoms with Crippen LogP contribution >= 0.6 is 11.6 Å². The summed E-state index contributed by atoms with van der Waals surface area (Å²) in [6.07, 6.45) is 3.08. The van der Waals surface area contributed by atoms with Crippen molar-refractivity contribution in [3.05, 3.63) is 23.0 Å². The first-order valence-electron chi connectivity index (χ1n) is 6.90. The van der Waals surface area contributed by atoms with E-state index in [-0.39, 0.29) is 6.54 Å². The van der Waals surface area contributed by atoms with E-state index in [9.17, 15) is 8.42 Å². The molecule has 0 aliphatic carbocycles. The minimum Gasteiger partial charge on any atom is -0.355 e. The average Bonchev–Trinajstić information content (AvgIpc) is 2.67. The van der Waals surface area contributed by atoms with Gasteiger partial charge in [0.05, 0.1) is 16.3 Å². The van der Waals surface area contributed by atoms with Gasteiger partial charge < -0.3 is 14.8 Å². The van der Waals surface area contributed by atoms with Crippen LogP contribution in [0.25, 0.3) is 0 Å². The minimum absolute atomic E-state index is 0.288. The normalized spacial score (nSPS) is 13.3. The van der Waals surface area contributed by atoms with Gasteiger partial charge in [0.1, 0.15) is 0 Å². The van der Waals surface area contributed by atoms with Crippen molar-refractivity contribution in [1.29, 1.82) is 0 Å². The summed E-state index contributed by atoms with van der Waals surface area (Å²) in [5, 5.41) is 3.80. The molecule has 0 amide bonds. The highest BCUT2D eigenvalue weighted by Gasteiger charge is 2.30. The zero-order valence-corrected chi connectivity index (χ0v) is 15.6. The monoisotopic (exact) mass is 348 g/mol. The number of aromatic nitrogens is 1. The molecule has 0 atom stereocenters. The number of hydrogen-bond donors (Lipinski definition) is 1. The van der Waals surface area contributed by atoms with E-state index in [1.807, 2.05) is 35.8 Å². The molecule has 1 heterocycles. The second kappa shape index (κ2) is 6.91. The summed E-state index contributed by atoms with van der Waals surface area (Å²) in [4.78, 5) is 6.12. The third kappa shape index (κ3) is 4.64. The number of aliphatic imine (C=N–C) groups is 1. The summed E-state index contributed by atoms with van der Waals surface area (Å²) < 4.78 is 24.6. The van der Waals surface area contributed by atoms with Crippen LogP contribution in [0.15, 0.2) is 17.3 Å². The number of hydrogen-bond acceptors (Lipinski definition) is 3. The van der Waals surface area contributed by atoms with Gasteiger partial charge in [-0.2, -0.15) is 0 Å². The molecule has 1 aromatic heterocycles. The Morgan fingerprint density at radius 1 is 1.50 bits per heavy atom. The summed E-state index contributed by atoms with van der Waals surface area (Å²) in [5.41, 5.74) is 1.04. The van der Waals surface area contributed by atoms with Crippen molar-refractivity contribution < 1.29 is 8.42 Å². The van der Waals surface area contributed by atoms with Crippen LogP contribution in [0.2, 0.25) is 5.02 Å². The van der Waals surface area contributed by atoms with Crippen molar-refractivity contribution in [1.82, 2.24) is 14.8 Å². The molecule has 0 aliphatic rings. The molecule has 0 saturated carbocycles. The van der Waals surface area contributed by atoms with Crippen molar-refractivity contribution >= 4 is 27.4 Å². The lowest BCUT2D eigenvalue weighted by molar-refractivity contribution is 0.455. The number of rotatable bonds is 5. The molecule has 6 nitrogen and oxygen atoms in total. The lowest BCUT2D eigenvalue weighted by atomic mass is 10.2. The summed E-state index contributed by atoms with van der Waals surface area (Å²) in [6.45, 7) is 4.29. The Balaban J connectivity index is 2.75. The van der Waals surface area contributed by atoms with Gasteiger partial charge in [0.2, 0.25) is 0 Å². The van der Waals surface area contributed by atoms with Crippen molar-refractivity contribution in [2.75, 3.05) is 26.9 Å². The molecule has 1 N–H and O–H groups in total. The highest BCUT2D eigenvalue weighted by molar-refractivity contribution is 7.92. The Kier molecular flexibility index (Phi) is 5.92. The third-order valence-corrected chi connectivity index (χ3v) is 6.08. The second-order valence-electron chi connectivity index (χ2n) is 6.05. The van der Waals surface area contributed by atoms with Crippen LogP contribution in [-0.2, 0) is 23.4 Å². The summed E-state index contributed by atoms with van der Waals surface area (Å²) in [7, 11) is 2.34. The molecule has 1 rings (SSSR count). The van der Waals surface area contributed by atoms with Crippen LogP contribution in [0.3, 0.4) is 0 Å². The minimum atomic E-state index is -3.15. The molecule has 1 aromatic rings. The standard InChI is InChI=1S/C14H25ClN4O2S/c1-14(2,22(6,20)21)10-17-13(16-3)19(5)9-12-7-11(15)8-18(12)4/h7-8H,9-10H2,1-6H3,(H,16,17). The molecular formula is C14H25ClN4O2S. The van der Waals surface area contributed by atoms with Gasteiger partial charge in [-0.05, 0) is 19.9 Å². The van der Waals surface area contributed by atoms with Gasteiger partial charge >= 0.3 is 0 Å². The van der Waals surface area contributed by atoms with E-state index >= 15 is 0 Å². The Labute approximate surface area is 138 Å². The molecule has 0 spiro atoms. The van der Waals surface area contributed by atoms with E-state index in [0.717, 1.165) is 5.69 Å². The lowest BCUT2D eigenvalue weighted by Gasteiger charge is -2.27. The quantitative estimate of drug-likeness (QED) is 0.647. The van der Waals surface area contributed by atoms with Gasteiger partial charge in [-0.1, -0.05) is 11.6 Å². The second-order valence-corrected chi connectivity index (χ2v) is 9.14. The molecule has 22 heavy (non-hydrogen) atoms. The van der Waals surface area contributed by atoms with Crippen LogP contribution < -0.4 is 5.32 Å². The number of nitrogens with one attached hydrogen (secondary N) is 1. The van der Waals surface area contributed by atoms with E-state index in [1.54, 1.807) is 20.9 Å². The predicted molar refractivity (Wildman–Crippen MR) is 92.2 cm³/mol. The molecule has 0 unspecified atom stereocenters. The molecule has 126 valence electrons. The number of aryl methyl sites for hydroxylation is 1. The van der Waals surface area contributed by atoms with Gasteiger partial charge in [0, 0.05) is 45.8 Å². The van der Waals surface area contributed by atoms with Crippen molar-refractivity contribution in [2.45, 2.75) is 25.1 Å². The molecule has 0 fully saturated rings. The van der Waals surface area contributed by atoms with Crippen LogP contribution in [-0.4, -0.2) is 55.5 Å². The molecule has 8 heteroatoms. The molecular weight excluding hydrogens is 324 g/mol. The first-order chi connectivity index (χ1) is 9.98. The van der Waals surface area contributed by atoms with E-state index in [1.165, 1.54) is 6.26 Å². The van der Waals surface area contributed by atoms with E-state index in [4.69, 9.17) is 11.6 Å². The Hall–Kier alpha value is -1.21. The zero-order valence-electron chi connectivity index (χ0n) is 14.0. The smallest absolute Gasteiger partial charge is 0.193 e. The number of sulfone groups is 1. The largest absolute Gasteiger partial charge is 0.355 e. The number of nitrogens with zero attached hydrogens (tertiary/aromatic N) is 3. The van der Waals surface area contributed by atoms with Crippen LogP contribution in [0.4, 0.5) is 0 Å². The maximum absolute atomic E-state index is 11.8. The Morgan fingerprint density at radius 2 is 2.09 bits per heavy atom. The van der Waals surface area contributed by atoms with Crippen LogP contribution in [0, 0.1) is 0 Å². The van der Waals surface area contributed by atoms with Crippen molar-refractivity contribution in [3.63, 3.8) is 0 Å². The maximum Gasteiger partial charge on any atom is 0.193 e. The fourth-order valence-corrected chi connectivity index (χ4v) is 2.46. The first kappa shape index (κ1) is 18.8. The predicted octanol–water partition coefficient (Wildman–Crippen LogP) is 1.51. The number of guanidine groups is 1. The van der Waals surface area contributed by atoms with Crippen molar-refractivity contribution in [2.24, 2.45) is 12.0 Å². The summed E-state index contributed by atoms with van der Waals surface area (Å²) >= 11 is 5.98. The van der Waals surface area contributed by atoms with E-state index in [0.29, 0.717) is 17.5 Å². The van der Waals surface area contributed by atoms with Gasteiger partial charge in [-0.15, -0.1) is 0 Å². The zero-order chi connectivity index (χ0) is 17.1. The highest BCUT2D eigenvalue weighted by Crippen LogP contribution is 2.15. The lowest BCUT2D eigenvalue weighted by Crippen LogP contribution is -2.48. The molecule has 0 saturated heterocycles. The molecule has 0 aromatic carbocycles. The highest BCUT2D eigenvalue weighted by atomic mass is 35.5. The number of halogens is 1. The fraction of sp³-hybridized carbons (Fsp3) is 0.643. The summed E-state index contributed by atoms with van der Waals surface area (Å²) in [6, 6.07) is 1.89. The van der Waals surface area contributed by atoms with Gasteiger partial charge in [-0.25, -0.2) is 8.42 Å². The van der Waals surface area contributed by atoms with Crippen LogP contribution in [0.1, 0.15) is 19.5 Å². The summed E-state index contributed by atoms with van der Waals surface area (Å²) in [5.74, 6) is 0.633. The van der Waals surface area contributed by atoms with Gasteiger partial charge in [0.25, 0.3) is 0 Å². The first-order valence-corrected chi connectivity index (χ1v) is 9.17. The van der Waals surface area contributed by atoms with E-state index in [2.05, 4.69) is 10.3 Å². The molecule has 0 radical (unpaired) electrons. The Bertz CT molecular complexity index is 650. The maximum atomic E-state index is 11.8. The third-order valence-electron chi connectivity index (χ3n) is 3.72. The van der Waals surface area contributed by atoms with E-state index < -0.39 is 14.6 Å². The molecule has 0 bridgehead atoms. The topological polar surface area (TPSA) is 66.7 Å². The van der Waals surface area contributed by atoms with Gasteiger partial charge in [0.15, 0.2) is 15.8 Å².